The molecule has 0 bridgehead atoms. The quantitative estimate of drug-likeness (QED) is 0.835. The second kappa shape index (κ2) is 5.31. The number of ketones is 1. The van der Waals surface area contributed by atoms with Gasteiger partial charge in [0.15, 0.2) is 5.78 Å². The zero-order valence-electron chi connectivity index (χ0n) is 9.92. The summed E-state index contributed by atoms with van der Waals surface area (Å²) in [7, 11) is 0. The number of pyridine rings is 1. The lowest BCUT2D eigenvalue weighted by Gasteiger charge is -2.30. The van der Waals surface area contributed by atoms with Gasteiger partial charge in [-0.3, -0.25) is 9.78 Å². The van der Waals surface area contributed by atoms with Crippen LogP contribution < -0.4 is 5.73 Å². The lowest BCUT2D eigenvalue weighted by molar-refractivity contribution is 0.0995. The minimum atomic E-state index is 0.0118. The number of rotatable bonds is 2. The Balaban J connectivity index is 2.14. The lowest BCUT2D eigenvalue weighted by Crippen LogP contribution is -2.32. The van der Waals surface area contributed by atoms with Gasteiger partial charge in [-0.15, -0.1) is 11.8 Å². The van der Waals surface area contributed by atoms with E-state index < -0.39 is 0 Å². The van der Waals surface area contributed by atoms with Crippen LogP contribution in [0.2, 0.25) is 0 Å². The first-order valence-electron chi connectivity index (χ1n) is 5.60. The van der Waals surface area contributed by atoms with E-state index in [1.807, 2.05) is 11.8 Å². The second-order valence-corrected chi connectivity index (χ2v) is 7.19. The van der Waals surface area contributed by atoms with E-state index in [1.165, 1.54) is 0 Å². The normalized spacial score (nSPS) is 28.9. The van der Waals surface area contributed by atoms with Gasteiger partial charge in [-0.1, -0.05) is 13.8 Å². The van der Waals surface area contributed by atoms with E-state index >= 15 is 0 Å². The van der Waals surface area contributed by atoms with Crippen LogP contribution >= 0.6 is 23.5 Å². The van der Waals surface area contributed by atoms with E-state index in [9.17, 15) is 4.79 Å². The lowest BCUT2D eigenvalue weighted by atomic mass is 10.1. The van der Waals surface area contributed by atoms with Crippen molar-refractivity contribution in [1.82, 2.24) is 4.98 Å². The predicted molar refractivity (Wildman–Crippen MR) is 75.7 cm³/mol. The van der Waals surface area contributed by atoms with E-state index in [1.54, 1.807) is 30.2 Å². The molecular weight excluding hydrogens is 252 g/mol. The highest BCUT2D eigenvalue weighted by molar-refractivity contribution is 8.08. The minimum Gasteiger partial charge on any atom is -0.398 e. The summed E-state index contributed by atoms with van der Waals surface area (Å²) in [5.41, 5.74) is 6.91. The van der Waals surface area contributed by atoms with Crippen molar-refractivity contribution in [2.45, 2.75) is 29.6 Å². The largest absolute Gasteiger partial charge is 0.398 e. The Bertz CT molecular complexity index is 425. The van der Waals surface area contributed by atoms with Gasteiger partial charge in [0.2, 0.25) is 0 Å². The number of nitrogen functional groups attached to an aromatic ring is 1. The first kappa shape index (κ1) is 12.8. The Labute approximate surface area is 110 Å². The second-order valence-electron chi connectivity index (χ2n) is 4.20. The number of nitrogens with two attached hydrogens (primary N) is 1. The third kappa shape index (κ3) is 2.77. The first-order valence-corrected chi connectivity index (χ1v) is 7.59. The highest BCUT2D eigenvalue weighted by Crippen LogP contribution is 2.37. The zero-order valence-corrected chi connectivity index (χ0v) is 11.6. The van der Waals surface area contributed by atoms with Crippen molar-refractivity contribution in [2.75, 3.05) is 11.5 Å². The summed E-state index contributed by atoms with van der Waals surface area (Å²) in [6, 6.07) is 1.68. The molecule has 0 saturated carbocycles. The fourth-order valence-electron chi connectivity index (χ4n) is 1.71. The van der Waals surface area contributed by atoms with Crippen molar-refractivity contribution in [1.29, 1.82) is 0 Å². The standard InChI is InChI=1S/C12H16N2OS2/c1-7-8(2)17-11(6-16-7)12(15)9-5-14-4-3-10(9)13/h3-5,7-8,11H,6H2,1-2H3,(H2,13,14). The molecule has 2 heterocycles. The number of carbonyl (C=O) groups is 1. The first-order chi connectivity index (χ1) is 8.09. The summed E-state index contributed by atoms with van der Waals surface area (Å²) in [5, 5.41) is 1.12. The number of anilines is 1. The Morgan fingerprint density at radius 3 is 2.88 bits per heavy atom. The molecule has 2 N–H and O–H groups in total. The third-order valence-corrected chi connectivity index (χ3v) is 6.35. The summed E-state index contributed by atoms with van der Waals surface area (Å²) in [4.78, 5) is 16.3. The molecule has 1 aliphatic rings. The van der Waals surface area contributed by atoms with Crippen LogP contribution in [0.5, 0.6) is 0 Å². The van der Waals surface area contributed by atoms with E-state index in [4.69, 9.17) is 5.73 Å². The van der Waals surface area contributed by atoms with Crippen molar-refractivity contribution in [3.8, 4) is 0 Å². The molecule has 2 rings (SSSR count). The molecule has 92 valence electrons. The Hall–Kier alpha value is -0.680. The summed E-state index contributed by atoms with van der Waals surface area (Å²) >= 11 is 3.61. The van der Waals surface area contributed by atoms with Crippen LogP contribution in [0.25, 0.3) is 0 Å². The average molecular weight is 268 g/mol. The van der Waals surface area contributed by atoms with Gasteiger partial charge in [0.25, 0.3) is 0 Å². The van der Waals surface area contributed by atoms with E-state index in [0.717, 1.165) is 5.75 Å². The molecular formula is C12H16N2OS2. The number of thioether (sulfide) groups is 2. The maximum atomic E-state index is 12.3. The highest BCUT2D eigenvalue weighted by atomic mass is 32.2. The molecule has 1 fully saturated rings. The monoisotopic (exact) mass is 268 g/mol. The van der Waals surface area contributed by atoms with Gasteiger partial charge < -0.3 is 5.73 Å². The number of hydrogen-bond acceptors (Lipinski definition) is 5. The van der Waals surface area contributed by atoms with Gasteiger partial charge in [0.1, 0.15) is 0 Å². The number of carbonyl (C=O) groups excluding carboxylic acids is 1. The van der Waals surface area contributed by atoms with Crippen LogP contribution in [-0.2, 0) is 0 Å². The SMILES string of the molecule is CC1SCC(C(=O)c2cnccc2N)SC1C. The predicted octanol–water partition coefficient (Wildman–Crippen LogP) is 2.47. The molecule has 0 aliphatic carbocycles. The van der Waals surface area contributed by atoms with Crippen LogP contribution in [0.15, 0.2) is 18.5 Å². The van der Waals surface area contributed by atoms with Crippen LogP contribution in [-0.4, -0.2) is 32.3 Å². The Morgan fingerprint density at radius 2 is 2.24 bits per heavy atom. The van der Waals surface area contributed by atoms with Gasteiger partial charge >= 0.3 is 0 Å². The van der Waals surface area contributed by atoms with E-state index in [0.29, 0.717) is 21.8 Å². The molecule has 1 aromatic rings. The molecule has 0 aromatic carbocycles. The minimum absolute atomic E-state index is 0.0118. The van der Waals surface area contributed by atoms with Crippen LogP contribution in [0.1, 0.15) is 24.2 Å². The van der Waals surface area contributed by atoms with Gasteiger partial charge in [0, 0.05) is 34.3 Å². The molecule has 5 heteroatoms. The third-order valence-electron chi connectivity index (χ3n) is 2.96. The number of Topliss-reactive ketones (excluding diaryl/α,β-unsaturated/α-hetero) is 1. The summed E-state index contributed by atoms with van der Waals surface area (Å²) in [6.07, 6.45) is 3.19. The summed E-state index contributed by atoms with van der Waals surface area (Å²) in [6.45, 7) is 4.38. The van der Waals surface area contributed by atoms with Gasteiger partial charge in [-0.2, -0.15) is 11.8 Å². The molecule has 1 aromatic heterocycles. The van der Waals surface area contributed by atoms with Gasteiger partial charge in [0.05, 0.1) is 10.8 Å². The van der Waals surface area contributed by atoms with Gasteiger partial charge in [-0.25, -0.2) is 0 Å². The van der Waals surface area contributed by atoms with Crippen molar-refractivity contribution in [3.63, 3.8) is 0 Å². The van der Waals surface area contributed by atoms with Crippen LogP contribution in [0, 0.1) is 0 Å². The molecule has 0 spiro atoms. The molecule has 3 nitrogen and oxygen atoms in total. The Kier molecular flexibility index (Phi) is 3.99. The van der Waals surface area contributed by atoms with Crippen molar-refractivity contribution >= 4 is 35.0 Å². The Morgan fingerprint density at radius 1 is 1.47 bits per heavy atom. The van der Waals surface area contributed by atoms with Crippen molar-refractivity contribution < 1.29 is 4.79 Å². The highest BCUT2D eigenvalue weighted by Gasteiger charge is 2.31. The molecule has 3 unspecified atom stereocenters. The van der Waals surface area contributed by atoms with E-state index in [2.05, 4.69) is 18.8 Å². The molecule has 3 atom stereocenters. The molecule has 1 aliphatic heterocycles. The van der Waals surface area contributed by atoms with Crippen LogP contribution in [0.4, 0.5) is 5.69 Å². The maximum Gasteiger partial charge on any atom is 0.180 e. The summed E-state index contributed by atoms with van der Waals surface area (Å²) in [5.74, 6) is 0.982. The van der Waals surface area contributed by atoms with Crippen LogP contribution in [0.3, 0.4) is 0 Å². The van der Waals surface area contributed by atoms with Crippen molar-refractivity contribution in [3.05, 3.63) is 24.0 Å². The van der Waals surface area contributed by atoms with E-state index in [-0.39, 0.29) is 11.0 Å². The average Bonchev–Trinajstić information content (AvgIpc) is 2.32. The number of aromatic nitrogens is 1. The fraction of sp³-hybridized carbons (Fsp3) is 0.500. The molecule has 0 amide bonds. The van der Waals surface area contributed by atoms with Gasteiger partial charge in [-0.05, 0) is 6.07 Å². The fourth-order valence-corrected chi connectivity index (χ4v) is 4.57. The number of hydrogen-bond donors (Lipinski definition) is 1. The maximum absolute atomic E-state index is 12.3. The smallest absolute Gasteiger partial charge is 0.180 e. The summed E-state index contributed by atoms with van der Waals surface area (Å²) < 4.78 is 0. The topological polar surface area (TPSA) is 56.0 Å². The zero-order chi connectivity index (χ0) is 12.4. The number of nitrogens with zero attached hydrogens (tertiary/aromatic N) is 1. The molecule has 0 radical (unpaired) electrons. The molecule has 17 heavy (non-hydrogen) atoms. The molecule has 1 saturated heterocycles. The van der Waals surface area contributed by atoms with Crippen molar-refractivity contribution in [2.24, 2.45) is 0 Å².